The number of hydrogen-bond donors (Lipinski definition) is 0. The molecule has 0 radical (unpaired) electrons. The molecular formula is C29H43ClNO4+. The van der Waals surface area contributed by atoms with E-state index in [1.807, 2.05) is 62.4 Å². The van der Waals surface area contributed by atoms with Crippen molar-refractivity contribution in [3.63, 3.8) is 0 Å². The van der Waals surface area contributed by atoms with Gasteiger partial charge in [-0.05, 0) is 18.4 Å². The molecule has 2 rings (SSSR count). The predicted molar refractivity (Wildman–Crippen MR) is 145 cm³/mol. The highest BCUT2D eigenvalue weighted by molar-refractivity contribution is 6.17. The molecule has 0 aliphatic carbocycles. The lowest BCUT2D eigenvalue weighted by molar-refractivity contribution is -0.903. The van der Waals surface area contributed by atoms with Crippen molar-refractivity contribution in [3.05, 3.63) is 83.4 Å². The first-order valence-corrected chi connectivity index (χ1v) is 12.2. The summed E-state index contributed by atoms with van der Waals surface area (Å²) in [4.78, 5) is 23.7. The number of likely N-dealkylation sites (N-methyl/N-ethyl adjacent to an activating group) is 1. The number of allylic oxidation sites excluding steroid dienone is 1. The van der Waals surface area contributed by atoms with Gasteiger partial charge < -0.3 is 14.0 Å². The normalized spacial score (nSPS) is 11.9. The SMILES string of the molecule is C.CC/C(=C/CC(C)C(=O)OCC[N+](C)(C)Cc1ccccc1)C(=O)OC.ClCc1ccccc1. The zero-order chi connectivity index (χ0) is 25.4. The minimum Gasteiger partial charge on any atom is -0.466 e. The number of rotatable bonds is 11. The highest BCUT2D eigenvalue weighted by Crippen LogP contribution is 2.13. The third-order valence-electron chi connectivity index (χ3n) is 5.34. The Morgan fingerprint density at radius 2 is 1.54 bits per heavy atom. The first kappa shape index (κ1) is 32.4. The lowest BCUT2D eigenvalue weighted by Gasteiger charge is -2.29. The summed E-state index contributed by atoms with van der Waals surface area (Å²) in [5, 5.41) is 0. The van der Waals surface area contributed by atoms with E-state index in [9.17, 15) is 9.59 Å². The summed E-state index contributed by atoms with van der Waals surface area (Å²) in [7, 11) is 5.60. The standard InChI is InChI=1S/C21H32NO4.C7H7Cl.CH4/c1-6-19(21(24)25-5)13-12-17(2)20(23)26-15-14-22(3,4)16-18-10-8-7-9-11-18;8-6-7-4-2-1-3-5-7;/h7-11,13,17H,6,12,14-16H2,1-5H3;1-5H,6H2;1H4/q+1;;/b19-13-;;. The van der Waals surface area contributed by atoms with Gasteiger partial charge in [0.15, 0.2) is 0 Å². The summed E-state index contributed by atoms with van der Waals surface area (Å²) in [6, 6.07) is 20.2. The largest absolute Gasteiger partial charge is 0.466 e. The van der Waals surface area contributed by atoms with E-state index in [2.05, 4.69) is 26.2 Å². The summed E-state index contributed by atoms with van der Waals surface area (Å²) in [6.45, 7) is 5.71. The molecule has 0 aliphatic heterocycles. The van der Waals surface area contributed by atoms with Crippen LogP contribution < -0.4 is 0 Å². The van der Waals surface area contributed by atoms with E-state index in [0.717, 1.165) is 17.6 Å². The second kappa shape index (κ2) is 17.8. The van der Waals surface area contributed by atoms with Gasteiger partial charge in [0.05, 0.1) is 27.1 Å². The summed E-state index contributed by atoms with van der Waals surface area (Å²) >= 11 is 5.53. The van der Waals surface area contributed by atoms with Crippen LogP contribution in [0.15, 0.2) is 72.3 Å². The first-order chi connectivity index (χ1) is 16.2. The number of hydrogen-bond acceptors (Lipinski definition) is 4. The second-order valence-corrected chi connectivity index (χ2v) is 9.07. The molecule has 0 spiro atoms. The molecule has 0 heterocycles. The number of quaternary nitrogens is 1. The van der Waals surface area contributed by atoms with Crippen LogP contribution in [0.2, 0.25) is 0 Å². The molecule has 35 heavy (non-hydrogen) atoms. The molecule has 0 aliphatic rings. The molecule has 5 nitrogen and oxygen atoms in total. The van der Waals surface area contributed by atoms with Gasteiger partial charge >= 0.3 is 11.9 Å². The van der Waals surface area contributed by atoms with Crippen molar-refractivity contribution in [3.8, 4) is 0 Å². The number of carbonyl (C=O) groups excluding carboxylic acids is 2. The van der Waals surface area contributed by atoms with E-state index >= 15 is 0 Å². The number of methoxy groups -OCH3 is 1. The minimum atomic E-state index is -0.340. The van der Waals surface area contributed by atoms with Crippen LogP contribution in [0.25, 0.3) is 0 Å². The van der Waals surface area contributed by atoms with Gasteiger partial charge in [-0.2, -0.15) is 0 Å². The molecular weight excluding hydrogens is 462 g/mol. The van der Waals surface area contributed by atoms with Crippen LogP contribution in [0.5, 0.6) is 0 Å². The Kier molecular flexibility index (Phi) is 16.4. The van der Waals surface area contributed by atoms with Crippen LogP contribution in [0, 0.1) is 5.92 Å². The molecule has 2 aromatic carbocycles. The Balaban J connectivity index is 0.00000108. The summed E-state index contributed by atoms with van der Waals surface area (Å²) in [5.41, 5.74) is 3.03. The molecule has 0 amide bonds. The Labute approximate surface area is 217 Å². The van der Waals surface area contributed by atoms with E-state index in [1.54, 1.807) is 6.08 Å². The third-order valence-corrected chi connectivity index (χ3v) is 5.65. The highest BCUT2D eigenvalue weighted by atomic mass is 35.5. The fourth-order valence-corrected chi connectivity index (χ4v) is 3.36. The van der Waals surface area contributed by atoms with E-state index in [-0.39, 0.29) is 25.3 Å². The van der Waals surface area contributed by atoms with Gasteiger partial charge in [-0.25, -0.2) is 4.79 Å². The Morgan fingerprint density at radius 3 is 2.00 bits per heavy atom. The third kappa shape index (κ3) is 13.7. The molecule has 6 heteroatoms. The number of nitrogens with zero attached hydrogens (tertiary/aromatic N) is 1. The van der Waals surface area contributed by atoms with Crippen LogP contribution in [-0.4, -0.2) is 50.8 Å². The van der Waals surface area contributed by atoms with Crippen molar-refractivity contribution >= 4 is 23.5 Å². The number of halogens is 1. The summed E-state index contributed by atoms with van der Waals surface area (Å²) in [5.74, 6) is -0.249. The van der Waals surface area contributed by atoms with E-state index < -0.39 is 0 Å². The summed E-state index contributed by atoms with van der Waals surface area (Å²) < 4.78 is 10.9. The van der Waals surface area contributed by atoms with E-state index in [4.69, 9.17) is 21.1 Å². The lowest BCUT2D eigenvalue weighted by Crippen LogP contribution is -2.42. The average molecular weight is 505 g/mol. The number of carbonyl (C=O) groups is 2. The molecule has 0 bridgehead atoms. The van der Waals surface area contributed by atoms with Gasteiger partial charge in [-0.15, -0.1) is 11.6 Å². The molecule has 0 aromatic heterocycles. The smallest absolute Gasteiger partial charge is 0.333 e. The maximum absolute atomic E-state index is 12.2. The Hall–Kier alpha value is -2.63. The van der Waals surface area contributed by atoms with Crippen molar-refractivity contribution in [2.24, 2.45) is 5.92 Å². The molecule has 194 valence electrons. The highest BCUT2D eigenvalue weighted by Gasteiger charge is 2.19. The fourth-order valence-electron chi connectivity index (χ4n) is 3.18. The van der Waals surface area contributed by atoms with Gasteiger partial charge in [-0.1, -0.05) is 88.0 Å². The van der Waals surface area contributed by atoms with Gasteiger partial charge in [0.1, 0.15) is 19.7 Å². The van der Waals surface area contributed by atoms with Crippen LogP contribution in [0.1, 0.15) is 45.2 Å². The molecule has 2 aromatic rings. The van der Waals surface area contributed by atoms with E-state index in [0.29, 0.717) is 30.9 Å². The minimum absolute atomic E-state index is 0. The number of alkyl halides is 1. The zero-order valence-electron chi connectivity index (χ0n) is 21.1. The van der Waals surface area contributed by atoms with Crippen molar-refractivity contribution in [2.45, 2.75) is 46.5 Å². The van der Waals surface area contributed by atoms with Gasteiger partial charge in [0, 0.05) is 17.0 Å². The predicted octanol–water partition coefficient (Wildman–Crippen LogP) is 6.40. The van der Waals surface area contributed by atoms with Gasteiger partial charge in [0.2, 0.25) is 0 Å². The number of ether oxygens (including phenoxy) is 2. The van der Waals surface area contributed by atoms with Crippen LogP contribution in [0.4, 0.5) is 0 Å². The van der Waals surface area contributed by atoms with Crippen molar-refractivity contribution < 1.29 is 23.5 Å². The fraction of sp³-hybridized carbons (Fsp3) is 0.448. The van der Waals surface area contributed by atoms with Gasteiger partial charge in [0.25, 0.3) is 0 Å². The van der Waals surface area contributed by atoms with E-state index in [1.165, 1.54) is 18.2 Å². The quantitative estimate of drug-likeness (QED) is 0.154. The lowest BCUT2D eigenvalue weighted by atomic mass is 10.0. The second-order valence-electron chi connectivity index (χ2n) is 8.80. The molecule has 0 saturated carbocycles. The van der Waals surface area contributed by atoms with Crippen LogP contribution >= 0.6 is 11.6 Å². The Bertz CT molecular complexity index is 882. The first-order valence-electron chi connectivity index (χ1n) is 11.6. The Morgan fingerprint density at radius 1 is 1.00 bits per heavy atom. The van der Waals surface area contributed by atoms with Crippen molar-refractivity contribution in [2.75, 3.05) is 34.4 Å². The molecule has 0 fully saturated rings. The summed E-state index contributed by atoms with van der Waals surface area (Å²) in [6.07, 6.45) is 2.83. The maximum Gasteiger partial charge on any atom is 0.333 e. The molecule has 0 N–H and O–H groups in total. The molecule has 1 unspecified atom stereocenters. The number of benzene rings is 2. The average Bonchev–Trinajstić information content (AvgIpc) is 2.85. The van der Waals surface area contributed by atoms with Gasteiger partial charge in [-0.3, -0.25) is 4.79 Å². The maximum atomic E-state index is 12.2. The number of esters is 2. The molecule has 1 atom stereocenters. The van der Waals surface area contributed by atoms with Crippen molar-refractivity contribution in [1.82, 2.24) is 0 Å². The molecule has 0 saturated heterocycles. The van der Waals surface area contributed by atoms with Crippen LogP contribution in [-0.2, 0) is 31.5 Å². The van der Waals surface area contributed by atoms with Crippen LogP contribution in [0.3, 0.4) is 0 Å². The topological polar surface area (TPSA) is 52.6 Å². The monoisotopic (exact) mass is 504 g/mol. The van der Waals surface area contributed by atoms with Crippen molar-refractivity contribution in [1.29, 1.82) is 0 Å². The zero-order valence-corrected chi connectivity index (χ0v) is 21.9.